The van der Waals surface area contributed by atoms with E-state index in [2.05, 4.69) is 0 Å². The summed E-state index contributed by atoms with van der Waals surface area (Å²) in [6.07, 6.45) is 14.2. The van der Waals surface area contributed by atoms with E-state index in [0.29, 0.717) is 13.2 Å². The average molecular weight is 543 g/mol. The van der Waals surface area contributed by atoms with Gasteiger partial charge in [-0.2, -0.15) is 8.42 Å². The van der Waals surface area contributed by atoms with Crippen molar-refractivity contribution in [3.8, 4) is 0 Å². The lowest BCUT2D eigenvalue weighted by atomic mass is 9.50. The first-order chi connectivity index (χ1) is 18.1. The van der Waals surface area contributed by atoms with E-state index in [1.54, 1.807) is 0 Å². The Labute approximate surface area is 224 Å². The highest BCUT2D eigenvalue weighted by molar-refractivity contribution is 7.85. The van der Waals surface area contributed by atoms with Crippen LogP contribution < -0.4 is 0 Å². The molecule has 0 spiro atoms. The summed E-state index contributed by atoms with van der Waals surface area (Å²) in [6, 6.07) is 3.53. The van der Waals surface area contributed by atoms with E-state index >= 15 is 0 Å². The van der Waals surface area contributed by atoms with E-state index < -0.39 is 27.0 Å². The molecule has 1 aromatic rings. The summed E-state index contributed by atoms with van der Waals surface area (Å²) < 4.78 is 45.3. The summed E-state index contributed by atoms with van der Waals surface area (Å²) in [6.45, 7) is 0.633. The number of esters is 2. The monoisotopic (exact) mass is 542 g/mol. The first-order valence-corrected chi connectivity index (χ1v) is 16.0. The van der Waals surface area contributed by atoms with Crippen molar-refractivity contribution < 1.29 is 32.0 Å². The largest absolute Gasteiger partial charge is 0.462 e. The van der Waals surface area contributed by atoms with Crippen molar-refractivity contribution in [2.45, 2.75) is 81.9 Å². The molecule has 0 heterocycles. The Balaban J connectivity index is 1.07. The zero-order valence-corrected chi connectivity index (χ0v) is 22.7. The van der Waals surface area contributed by atoms with E-state index in [4.69, 9.17) is 9.47 Å². The van der Waals surface area contributed by atoms with E-state index in [0.717, 1.165) is 86.2 Å². The molecule has 0 unspecified atom stereocenters. The lowest BCUT2D eigenvalue weighted by molar-refractivity contribution is -0.0850. The van der Waals surface area contributed by atoms with Crippen LogP contribution in [0.2, 0.25) is 0 Å². The van der Waals surface area contributed by atoms with E-state index in [-0.39, 0.29) is 22.0 Å². The summed E-state index contributed by atoms with van der Waals surface area (Å²) in [5, 5.41) is 0. The maximum Gasteiger partial charge on any atom is 0.338 e. The Bertz CT molecular complexity index is 1120. The fourth-order valence-electron chi connectivity index (χ4n) is 10.5. The quantitative estimate of drug-likeness (QED) is 0.349. The predicted octanol–water partition coefficient (Wildman–Crippen LogP) is 5.68. The minimum atomic E-state index is -4.63. The molecule has 0 aliphatic heterocycles. The van der Waals surface area contributed by atoms with Crippen LogP contribution in [0.4, 0.5) is 0 Å². The summed E-state index contributed by atoms with van der Waals surface area (Å²) >= 11 is 0. The molecule has 8 saturated carbocycles. The van der Waals surface area contributed by atoms with Gasteiger partial charge in [0.2, 0.25) is 0 Å². The van der Waals surface area contributed by atoms with Crippen LogP contribution in [0.3, 0.4) is 0 Å². The molecule has 8 aliphatic rings. The summed E-state index contributed by atoms with van der Waals surface area (Å²) in [7, 11) is -4.63. The van der Waals surface area contributed by atoms with Gasteiger partial charge in [0.05, 0.1) is 29.2 Å². The number of ether oxygens (including phenoxy) is 2. The molecular formula is C30H38O7S. The fraction of sp³-hybridized carbons (Fsp3) is 0.733. The van der Waals surface area contributed by atoms with E-state index in [9.17, 15) is 22.6 Å². The summed E-state index contributed by atoms with van der Waals surface area (Å²) in [5.74, 6) is 2.99. The molecule has 1 aromatic carbocycles. The van der Waals surface area contributed by atoms with Gasteiger partial charge in [0.25, 0.3) is 10.1 Å². The Kier molecular flexibility index (Phi) is 5.80. The Morgan fingerprint density at radius 3 is 1.26 bits per heavy atom. The molecule has 8 heteroatoms. The van der Waals surface area contributed by atoms with Gasteiger partial charge in [-0.3, -0.25) is 4.55 Å². The topological polar surface area (TPSA) is 107 Å². The second-order valence-corrected chi connectivity index (χ2v) is 15.6. The van der Waals surface area contributed by atoms with E-state index in [1.165, 1.54) is 44.6 Å². The van der Waals surface area contributed by atoms with Gasteiger partial charge in [-0.25, -0.2) is 9.59 Å². The highest BCUT2D eigenvalue weighted by Gasteiger charge is 2.52. The molecule has 38 heavy (non-hydrogen) atoms. The van der Waals surface area contributed by atoms with Crippen molar-refractivity contribution in [3.05, 3.63) is 29.3 Å². The number of carbonyl (C=O) groups excluding carboxylic acids is 2. The number of carbonyl (C=O) groups is 2. The van der Waals surface area contributed by atoms with Crippen LogP contribution in [-0.4, -0.2) is 38.1 Å². The van der Waals surface area contributed by atoms with Gasteiger partial charge < -0.3 is 9.47 Å². The van der Waals surface area contributed by atoms with Crippen molar-refractivity contribution in [1.29, 1.82) is 0 Å². The fourth-order valence-corrected chi connectivity index (χ4v) is 11.1. The highest BCUT2D eigenvalue weighted by Crippen LogP contribution is 2.61. The van der Waals surface area contributed by atoms with Gasteiger partial charge in [-0.15, -0.1) is 0 Å². The molecule has 9 rings (SSSR count). The van der Waals surface area contributed by atoms with Crippen LogP contribution in [0.15, 0.2) is 23.1 Å². The van der Waals surface area contributed by atoms with Crippen molar-refractivity contribution >= 4 is 22.1 Å². The van der Waals surface area contributed by atoms with Gasteiger partial charge >= 0.3 is 11.9 Å². The maximum atomic E-state index is 13.1. The molecule has 206 valence electrons. The normalized spacial score (nSPS) is 40.3. The van der Waals surface area contributed by atoms with Gasteiger partial charge in [0, 0.05) is 10.8 Å². The second-order valence-electron chi connectivity index (χ2n) is 14.2. The predicted molar refractivity (Wildman–Crippen MR) is 138 cm³/mol. The van der Waals surface area contributed by atoms with Crippen LogP contribution in [0.25, 0.3) is 0 Å². The molecular weight excluding hydrogens is 504 g/mol. The number of hydrogen-bond donors (Lipinski definition) is 1. The standard InChI is InChI=1S/C30H38O7S/c31-27(36-16-29-10-18-1-19(11-29)3-20(2-18)12-29)24-7-25(9-26(8-24)38(33,34)35)28(32)37-17-30-13-21-4-22(14-30)6-23(5-21)15-30/h7-9,18-23H,1-6,10-17H2,(H,33,34,35). The summed E-state index contributed by atoms with van der Waals surface area (Å²) in [4.78, 5) is 25.8. The maximum absolute atomic E-state index is 13.1. The Hall–Kier alpha value is -1.93. The highest BCUT2D eigenvalue weighted by atomic mass is 32.2. The third kappa shape index (κ3) is 4.59. The minimum absolute atomic E-state index is 0.0185. The van der Waals surface area contributed by atoms with Gasteiger partial charge in [0.1, 0.15) is 0 Å². The molecule has 7 nitrogen and oxygen atoms in total. The molecule has 0 saturated heterocycles. The van der Waals surface area contributed by atoms with E-state index in [1.807, 2.05) is 0 Å². The molecule has 0 radical (unpaired) electrons. The third-order valence-electron chi connectivity index (χ3n) is 11.0. The smallest absolute Gasteiger partial charge is 0.338 e. The van der Waals surface area contributed by atoms with Crippen LogP contribution in [0.1, 0.15) is 97.8 Å². The van der Waals surface area contributed by atoms with Crippen LogP contribution in [-0.2, 0) is 19.6 Å². The SMILES string of the molecule is O=C(OCC12CC3CC(CC(C3)C1)C2)c1cc(C(=O)OCC23CC4CC(CC(C4)C2)C3)cc(S(=O)(=O)O)c1. The molecule has 8 fully saturated rings. The van der Waals surface area contributed by atoms with Gasteiger partial charge in [-0.1, -0.05) is 0 Å². The average Bonchev–Trinajstić information content (AvgIpc) is 2.83. The third-order valence-corrected chi connectivity index (χ3v) is 11.9. The van der Waals surface area contributed by atoms with Crippen LogP contribution in [0, 0.1) is 46.3 Å². The first-order valence-electron chi connectivity index (χ1n) is 14.5. The molecule has 0 aromatic heterocycles. The molecule has 0 atom stereocenters. The van der Waals surface area contributed by atoms with Gasteiger partial charge in [-0.05, 0) is 131 Å². The van der Waals surface area contributed by atoms with Crippen molar-refractivity contribution in [2.75, 3.05) is 13.2 Å². The first kappa shape index (κ1) is 25.1. The number of rotatable bonds is 7. The van der Waals surface area contributed by atoms with Crippen LogP contribution in [0.5, 0.6) is 0 Å². The van der Waals surface area contributed by atoms with Gasteiger partial charge in [0.15, 0.2) is 0 Å². The molecule has 1 N–H and O–H groups in total. The molecule has 0 amide bonds. The van der Waals surface area contributed by atoms with Crippen LogP contribution >= 0.6 is 0 Å². The van der Waals surface area contributed by atoms with Crippen molar-refractivity contribution in [1.82, 2.24) is 0 Å². The number of benzene rings is 1. The zero-order valence-electron chi connectivity index (χ0n) is 21.9. The lowest BCUT2D eigenvalue weighted by Crippen LogP contribution is -2.48. The molecule has 8 aliphatic carbocycles. The number of hydrogen-bond acceptors (Lipinski definition) is 6. The Morgan fingerprint density at radius 2 is 0.974 bits per heavy atom. The van der Waals surface area contributed by atoms with Crippen molar-refractivity contribution in [3.63, 3.8) is 0 Å². The second kappa shape index (κ2) is 8.79. The Morgan fingerprint density at radius 1 is 0.658 bits per heavy atom. The lowest BCUT2D eigenvalue weighted by Gasteiger charge is -2.56. The molecule has 8 bridgehead atoms. The van der Waals surface area contributed by atoms with Crippen molar-refractivity contribution in [2.24, 2.45) is 46.3 Å². The summed E-state index contributed by atoms with van der Waals surface area (Å²) in [5.41, 5.74) is -0.0618. The zero-order chi connectivity index (χ0) is 26.3. The minimum Gasteiger partial charge on any atom is -0.462 e.